The Hall–Kier alpha value is -2.38. The molecule has 1 unspecified atom stereocenters. The smallest absolute Gasteiger partial charge is 0.270 e. The number of amidine groups is 1. The zero-order valence-corrected chi connectivity index (χ0v) is 18.4. The van der Waals surface area contributed by atoms with Crippen LogP contribution >= 0.6 is 23.2 Å². The zero-order chi connectivity index (χ0) is 21.2. The van der Waals surface area contributed by atoms with E-state index in [1.165, 1.54) is 9.80 Å². The van der Waals surface area contributed by atoms with Gasteiger partial charge in [-0.1, -0.05) is 34.3 Å². The minimum Gasteiger partial charge on any atom is -0.270 e. The van der Waals surface area contributed by atoms with Gasteiger partial charge in [0.05, 0.1) is 12.6 Å². The Morgan fingerprint density at radius 3 is 2.52 bits per heavy atom. The number of amides is 3. The van der Waals surface area contributed by atoms with Gasteiger partial charge in [0.2, 0.25) is 11.9 Å². The number of urea groups is 1. The van der Waals surface area contributed by atoms with Crippen molar-refractivity contribution in [2.24, 2.45) is 4.99 Å². The summed E-state index contributed by atoms with van der Waals surface area (Å²) < 4.78 is 4.01. The van der Waals surface area contributed by atoms with Crippen LogP contribution < -0.4 is 4.57 Å². The van der Waals surface area contributed by atoms with E-state index in [0.29, 0.717) is 27.4 Å². The number of carbonyl (C=O) groups is 2. The van der Waals surface area contributed by atoms with Crippen molar-refractivity contribution in [3.05, 3.63) is 45.2 Å². The number of halogens is 2. The standard InChI is InChI=1S/C20H22Cl2N5O2/c1-10(2)26-11(3)12(4)27-16-17(23-19(26)27)24(5)20(29)25(18(16)28)9-13-6-7-14(21)8-15(13)22/h6-8,10,16H,9H2,1-5H3/q+1. The molecule has 1 aromatic heterocycles. The van der Waals surface area contributed by atoms with Crippen LogP contribution in [0.25, 0.3) is 0 Å². The van der Waals surface area contributed by atoms with Gasteiger partial charge in [0.1, 0.15) is 11.4 Å². The molecule has 0 radical (unpaired) electrons. The van der Waals surface area contributed by atoms with E-state index in [1.807, 2.05) is 18.4 Å². The second kappa shape index (κ2) is 6.85. The molecule has 3 heterocycles. The van der Waals surface area contributed by atoms with Crippen LogP contribution in [0.1, 0.15) is 42.9 Å². The molecule has 152 valence electrons. The number of aromatic nitrogens is 2. The summed E-state index contributed by atoms with van der Waals surface area (Å²) in [5, 5.41) is 0.914. The first-order chi connectivity index (χ1) is 13.6. The topological polar surface area (TPSA) is 61.8 Å². The molecule has 1 fully saturated rings. The van der Waals surface area contributed by atoms with Crippen molar-refractivity contribution in [3.63, 3.8) is 0 Å². The summed E-state index contributed by atoms with van der Waals surface area (Å²) >= 11 is 12.2. The van der Waals surface area contributed by atoms with Gasteiger partial charge in [0.25, 0.3) is 5.91 Å². The molecular weight excluding hydrogens is 413 g/mol. The fraction of sp³-hybridized carbons (Fsp3) is 0.400. The molecule has 7 nitrogen and oxygen atoms in total. The molecule has 0 aliphatic carbocycles. The number of benzene rings is 1. The summed E-state index contributed by atoms with van der Waals surface area (Å²) in [6, 6.07) is 4.11. The number of hydrogen-bond donors (Lipinski definition) is 0. The van der Waals surface area contributed by atoms with Crippen LogP contribution in [-0.2, 0) is 11.3 Å². The number of carbonyl (C=O) groups excluding carboxylic acids is 2. The largest absolute Gasteiger partial charge is 0.402 e. The van der Waals surface area contributed by atoms with E-state index in [-0.39, 0.29) is 18.5 Å². The number of fused-ring (bicyclic) bond motifs is 3. The monoisotopic (exact) mass is 434 g/mol. The summed E-state index contributed by atoms with van der Waals surface area (Å²) in [6.07, 6.45) is 0. The number of rotatable bonds is 3. The average Bonchev–Trinajstić information content (AvgIpc) is 3.14. The third-order valence-corrected chi connectivity index (χ3v) is 6.20. The maximum atomic E-state index is 13.4. The summed E-state index contributed by atoms with van der Waals surface area (Å²) in [7, 11) is 1.64. The van der Waals surface area contributed by atoms with E-state index in [9.17, 15) is 9.59 Å². The number of imide groups is 1. The predicted molar refractivity (Wildman–Crippen MR) is 111 cm³/mol. The molecule has 1 atom stereocenters. The van der Waals surface area contributed by atoms with E-state index in [2.05, 4.69) is 23.4 Å². The molecule has 0 saturated carbocycles. The van der Waals surface area contributed by atoms with Crippen LogP contribution in [-0.4, -0.2) is 39.2 Å². The Morgan fingerprint density at radius 1 is 1.21 bits per heavy atom. The van der Waals surface area contributed by atoms with Gasteiger partial charge >= 0.3 is 12.0 Å². The van der Waals surface area contributed by atoms with E-state index in [1.54, 1.807) is 25.2 Å². The van der Waals surface area contributed by atoms with Crippen molar-refractivity contribution in [2.45, 2.75) is 46.3 Å². The molecule has 0 spiro atoms. The second-order valence-corrected chi connectivity index (χ2v) is 8.52. The van der Waals surface area contributed by atoms with Gasteiger partial charge in [-0.25, -0.2) is 13.9 Å². The Morgan fingerprint density at radius 2 is 1.90 bits per heavy atom. The van der Waals surface area contributed by atoms with Gasteiger partial charge in [-0.15, -0.1) is 0 Å². The van der Waals surface area contributed by atoms with Gasteiger partial charge in [-0.05, 0) is 45.4 Å². The molecule has 29 heavy (non-hydrogen) atoms. The quantitative estimate of drug-likeness (QED) is 0.686. The predicted octanol–water partition coefficient (Wildman–Crippen LogP) is 3.96. The summed E-state index contributed by atoms with van der Waals surface area (Å²) in [4.78, 5) is 33.8. The average molecular weight is 435 g/mol. The Labute approximate surface area is 179 Å². The fourth-order valence-corrected chi connectivity index (χ4v) is 4.51. The lowest BCUT2D eigenvalue weighted by Gasteiger charge is -2.33. The van der Waals surface area contributed by atoms with E-state index >= 15 is 0 Å². The highest BCUT2D eigenvalue weighted by molar-refractivity contribution is 6.35. The van der Waals surface area contributed by atoms with Crippen LogP contribution in [0.3, 0.4) is 0 Å². The van der Waals surface area contributed by atoms with Crippen LogP contribution in [0.5, 0.6) is 0 Å². The van der Waals surface area contributed by atoms with E-state index in [0.717, 1.165) is 11.4 Å². The van der Waals surface area contributed by atoms with Gasteiger partial charge < -0.3 is 0 Å². The van der Waals surface area contributed by atoms with E-state index in [4.69, 9.17) is 23.2 Å². The second-order valence-electron chi connectivity index (χ2n) is 7.68. The molecule has 0 bridgehead atoms. The molecule has 9 heteroatoms. The van der Waals surface area contributed by atoms with Crippen LogP contribution in [0.4, 0.5) is 10.7 Å². The highest BCUT2D eigenvalue weighted by atomic mass is 35.5. The molecule has 2 aromatic rings. The fourth-order valence-electron chi connectivity index (χ4n) is 4.04. The van der Waals surface area contributed by atoms with Gasteiger partial charge in [0.15, 0.2) is 0 Å². The van der Waals surface area contributed by atoms with Crippen molar-refractivity contribution in [1.29, 1.82) is 0 Å². The Balaban J connectivity index is 1.78. The summed E-state index contributed by atoms with van der Waals surface area (Å²) in [6.45, 7) is 8.20. The highest BCUT2D eigenvalue weighted by Crippen LogP contribution is 2.34. The normalized spacial score (nSPS) is 18.5. The van der Waals surface area contributed by atoms with Gasteiger partial charge in [0, 0.05) is 17.1 Å². The molecular formula is C20H22Cl2N5O2+. The zero-order valence-electron chi connectivity index (χ0n) is 16.9. The summed E-state index contributed by atoms with van der Waals surface area (Å²) in [5.74, 6) is 0.825. The van der Waals surface area contributed by atoms with Crippen LogP contribution in [0.15, 0.2) is 23.2 Å². The SMILES string of the molecule is Cc1c(C)[n+]2c(n1C(C)C)N=C1C2C(=O)N(Cc2ccc(Cl)cc2Cl)C(=O)N1C. The molecule has 2 aliphatic rings. The molecule has 1 saturated heterocycles. The number of aliphatic imine (C=N–C) groups is 1. The van der Waals surface area contributed by atoms with Gasteiger partial charge in [-0.3, -0.25) is 14.6 Å². The minimum absolute atomic E-state index is 0.0700. The van der Waals surface area contributed by atoms with Crippen LogP contribution in [0, 0.1) is 13.8 Å². The number of hydrogen-bond acceptors (Lipinski definition) is 3. The third kappa shape index (κ3) is 2.87. The number of nitrogens with zero attached hydrogens (tertiary/aromatic N) is 5. The Kier molecular flexibility index (Phi) is 4.70. The van der Waals surface area contributed by atoms with E-state index < -0.39 is 12.1 Å². The maximum absolute atomic E-state index is 13.4. The Bertz CT molecular complexity index is 1090. The van der Waals surface area contributed by atoms with Gasteiger partial charge in [-0.2, -0.15) is 0 Å². The molecule has 2 aliphatic heterocycles. The number of imidazole rings is 1. The third-order valence-electron chi connectivity index (χ3n) is 5.62. The van der Waals surface area contributed by atoms with Crippen molar-refractivity contribution >= 4 is 46.9 Å². The first kappa shape index (κ1) is 19.9. The van der Waals surface area contributed by atoms with Crippen LogP contribution in [0.2, 0.25) is 10.0 Å². The molecule has 4 rings (SSSR count). The first-order valence-electron chi connectivity index (χ1n) is 9.38. The van der Waals surface area contributed by atoms with Crippen molar-refractivity contribution in [3.8, 4) is 0 Å². The lowest BCUT2D eigenvalue weighted by molar-refractivity contribution is -0.683. The molecule has 0 N–H and O–H groups in total. The van der Waals surface area contributed by atoms with Crippen molar-refractivity contribution in [2.75, 3.05) is 7.05 Å². The van der Waals surface area contributed by atoms with Crippen molar-refractivity contribution < 1.29 is 14.2 Å². The first-order valence-corrected chi connectivity index (χ1v) is 10.1. The lowest BCUT2D eigenvalue weighted by atomic mass is 10.1. The summed E-state index contributed by atoms with van der Waals surface area (Å²) in [5.41, 5.74) is 2.66. The number of likely N-dealkylation sites (N-methyl/N-ethyl adjacent to an activating group) is 1. The maximum Gasteiger partial charge on any atom is 0.402 e. The minimum atomic E-state index is -0.669. The molecule has 1 aromatic carbocycles. The lowest BCUT2D eigenvalue weighted by Crippen LogP contribution is -2.63. The molecule has 3 amide bonds. The van der Waals surface area contributed by atoms with Crippen molar-refractivity contribution in [1.82, 2.24) is 14.4 Å². The highest BCUT2D eigenvalue weighted by Gasteiger charge is 2.54.